The molecule has 1 unspecified atom stereocenters. The van der Waals surface area contributed by atoms with Crippen molar-refractivity contribution in [2.24, 2.45) is 0 Å². The Labute approximate surface area is 248 Å². The summed E-state index contributed by atoms with van der Waals surface area (Å²) >= 11 is 12.9. The van der Waals surface area contributed by atoms with Crippen LogP contribution in [-0.4, -0.2) is 46.9 Å². The lowest BCUT2D eigenvalue weighted by atomic mass is 9.77. The first-order chi connectivity index (χ1) is 19.8. The molecule has 1 heterocycles. The summed E-state index contributed by atoms with van der Waals surface area (Å²) in [4.78, 5) is 47.1. The molecule has 0 spiro atoms. The van der Waals surface area contributed by atoms with Crippen LogP contribution in [-0.2, 0) is 16.2 Å². The van der Waals surface area contributed by atoms with E-state index in [1.807, 2.05) is 0 Å². The maximum Gasteiger partial charge on any atom is 0.255 e. The molecule has 3 aromatic rings. The molecule has 0 aromatic heterocycles. The first-order valence-corrected chi connectivity index (χ1v) is 14.3. The lowest BCUT2D eigenvalue weighted by molar-refractivity contribution is -0.138. The molecule has 1 aliphatic heterocycles. The fourth-order valence-corrected chi connectivity index (χ4v) is 6.36. The highest BCUT2D eigenvalue weighted by Crippen LogP contribution is 2.47. The van der Waals surface area contributed by atoms with Gasteiger partial charge in [0, 0.05) is 28.2 Å². The van der Waals surface area contributed by atoms with E-state index in [2.05, 4.69) is 10.8 Å². The van der Waals surface area contributed by atoms with Gasteiger partial charge in [-0.3, -0.25) is 19.2 Å². The Hall–Kier alpha value is -3.43. The van der Waals surface area contributed by atoms with Gasteiger partial charge in [-0.05, 0) is 59.9 Å². The monoisotopic (exact) mass is 595 g/mol. The van der Waals surface area contributed by atoms with Crippen molar-refractivity contribution in [1.29, 1.82) is 0 Å². The van der Waals surface area contributed by atoms with Gasteiger partial charge in [-0.25, -0.2) is 5.48 Å². The molecule has 4 atom stereocenters. The molecule has 41 heavy (non-hydrogen) atoms. The number of fused-ring (bicyclic) bond motifs is 1. The minimum absolute atomic E-state index is 0.0600. The highest BCUT2D eigenvalue weighted by atomic mass is 35.5. The molecule has 1 saturated carbocycles. The Balaban J connectivity index is 1.49. The van der Waals surface area contributed by atoms with Crippen LogP contribution in [0.4, 0.5) is 0 Å². The minimum atomic E-state index is -0.882. The van der Waals surface area contributed by atoms with E-state index >= 15 is 0 Å². The molecule has 214 valence electrons. The van der Waals surface area contributed by atoms with Gasteiger partial charge in [0.2, 0.25) is 0 Å². The Morgan fingerprint density at radius 1 is 1.00 bits per heavy atom. The van der Waals surface area contributed by atoms with Crippen molar-refractivity contribution >= 4 is 40.9 Å². The lowest BCUT2D eigenvalue weighted by Gasteiger charge is -2.48. The Bertz CT molecular complexity index is 1450. The second-order valence-electron chi connectivity index (χ2n) is 10.3. The highest BCUT2D eigenvalue weighted by Gasteiger charge is 2.49. The molecule has 2 aliphatic rings. The molecule has 3 N–H and O–H groups in total. The number of hydroxylamine groups is 1. The zero-order valence-electron chi connectivity index (χ0n) is 22.5. The number of nitrogens with zero attached hydrogens (tertiary/aromatic N) is 1. The van der Waals surface area contributed by atoms with E-state index in [-0.39, 0.29) is 18.4 Å². The summed E-state index contributed by atoms with van der Waals surface area (Å²) in [5.74, 6) is -1.80. The fourth-order valence-electron chi connectivity index (χ4n) is 5.84. The predicted octanol–water partition coefficient (Wildman–Crippen LogP) is 5.19. The summed E-state index contributed by atoms with van der Waals surface area (Å²) in [6.45, 7) is 0.0600. The number of benzene rings is 3. The number of carbonyl (C=O) groups is 3. The molecule has 0 radical (unpaired) electrons. The number of rotatable bonds is 7. The fraction of sp³-hybridized carbons (Fsp3) is 0.323. The summed E-state index contributed by atoms with van der Waals surface area (Å²) in [5.41, 5.74) is 5.35. The van der Waals surface area contributed by atoms with Crippen LogP contribution >= 0.6 is 23.2 Å². The van der Waals surface area contributed by atoms with Crippen LogP contribution in [0.2, 0.25) is 10.0 Å². The maximum atomic E-state index is 14.0. The van der Waals surface area contributed by atoms with E-state index in [0.29, 0.717) is 45.1 Å². The maximum absolute atomic E-state index is 14.0. The standard InChI is InChI=1S/C31H31Cl2N3O5/c1-34-29(38)19-12-10-18(11-13-19)17-41-35-30(39)27-21-6-2-3-7-22(21)31(40)36(25-8-4-5-9-26(25)37)28(27)23-15-14-20(32)16-24(23)33/h2-3,6-7,10-16,25-28,37H,4-5,8-9,17H2,1H3,(H,34,38)(H,35,39)/t25-,26?,27+,28-/m0/s1. The largest absolute Gasteiger partial charge is 0.391 e. The first kappa shape index (κ1) is 29.1. The molecule has 8 nitrogen and oxygen atoms in total. The average molecular weight is 597 g/mol. The molecule has 1 aliphatic carbocycles. The molecule has 1 fully saturated rings. The third-order valence-electron chi connectivity index (χ3n) is 7.85. The van der Waals surface area contributed by atoms with E-state index in [4.69, 9.17) is 28.0 Å². The molecule has 0 bridgehead atoms. The van der Waals surface area contributed by atoms with E-state index in [0.717, 1.165) is 18.4 Å². The van der Waals surface area contributed by atoms with Crippen molar-refractivity contribution in [1.82, 2.24) is 15.7 Å². The minimum Gasteiger partial charge on any atom is -0.391 e. The van der Waals surface area contributed by atoms with Gasteiger partial charge in [0.15, 0.2) is 0 Å². The summed E-state index contributed by atoms with van der Waals surface area (Å²) in [6, 6.07) is 17.5. The molecule has 5 rings (SSSR count). The first-order valence-electron chi connectivity index (χ1n) is 13.6. The van der Waals surface area contributed by atoms with Crippen LogP contribution in [0.3, 0.4) is 0 Å². The topological polar surface area (TPSA) is 108 Å². The number of aliphatic hydroxyl groups is 1. The zero-order chi connectivity index (χ0) is 29.1. The van der Waals surface area contributed by atoms with Gasteiger partial charge in [0.05, 0.1) is 30.7 Å². The second kappa shape index (κ2) is 12.6. The smallest absolute Gasteiger partial charge is 0.255 e. The molecule has 10 heteroatoms. The number of hydrogen-bond donors (Lipinski definition) is 3. The molecule has 3 aromatic carbocycles. The summed E-state index contributed by atoms with van der Waals surface area (Å²) in [6.07, 6.45) is 2.16. The average Bonchev–Trinajstić information content (AvgIpc) is 2.98. The SMILES string of the molecule is CNC(=O)c1ccc(CONC(=O)[C@@H]2c3ccccc3C(=O)N([C@H]3CCCCC3O)[C@H]2c2ccc(Cl)cc2Cl)cc1. The second-order valence-corrected chi connectivity index (χ2v) is 11.2. The number of aliphatic hydroxyl groups excluding tert-OH is 1. The van der Waals surface area contributed by atoms with Gasteiger partial charge in [-0.1, -0.05) is 72.4 Å². The van der Waals surface area contributed by atoms with E-state index < -0.39 is 30.0 Å². The van der Waals surface area contributed by atoms with Crippen LogP contribution in [0.25, 0.3) is 0 Å². The van der Waals surface area contributed by atoms with Gasteiger partial charge in [0.25, 0.3) is 17.7 Å². The molecular weight excluding hydrogens is 565 g/mol. The summed E-state index contributed by atoms with van der Waals surface area (Å²) in [5, 5.41) is 14.3. The lowest BCUT2D eigenvalue weighted by Crippen LogP contribution is -2.55. The Kier molecular flexibility index (Phi) is 8.94. The van der Waals surface area contributed by atoms with Crippen molar-refractivity contribution in [2.75, 3.05) is 7.05 Å². The molecular formula is C31H31Cl2N3O5. The Morgan fingerprint density at radius 3 is 2.44 bits per heavy atom. The number of nitrogens with one attached hydrogen (secondary N) is 2. The number of hydrogen-bond acceptors (Lipinski definition) is 5. The van der Waals surface area contributed by atoms with Crippen molar-refractivity contribution in [3.05, 3.63) is 105 Å². The van der Waals surface area contributed by atoms with Crippen molar-refractivity contribution < 1.29 is 24.3 Å². The number of carbonyl (C=O) groups excluding carboxylic acids is 3. The number of amides is 3. The normalized spacial score (nSPS) is 22.1. The zero-order valence-corrected chi connectivity index (χ0v) is 24.0. The summed E-state index contributed by atoms with van der Waals surface area (Å²) in [7, 11) is 1.56. The van der Waals surface area contributed by atoms with Gasteiger partial charge >= 0.3 is 0 Å². The van der Waals surface area contributed by atoms with E-state index in [1.54, 1.807) is 78.7 Å². The van der Waals surface area contributed by atoms with Gasteiger partial charge in [-0.15, -0.1) is 0 Å². The highest BCUT2D eigenvalue weighted by molar-refractivity contribution is 6.35. The summed E-state index contributed by atoms with van der Waals surface area (Å²) < 4.78 is 0. The van der Waals surface area contributed by atoms with Gasteiger partial charge in [-0.2, -0.15) is 0 Å². The van der Waals surface area contributed by atoms with Crippen LogP contribution in [0.15, 0.2) is 66.7 Å². The predicted molar refractivity (Wildman–Crippen MR) is 156 cm³/mol. The van der Waals surface area contributed by atoms with E-state index in [9.17, 15) is 19.5 Å². The molecule has 3 amide bonds. The van der Waals surface area contributed by atoms with Crippen LogP contribution < -0.4 is 10.8 Å². The number of halogens is 2. The van der Waals surface area contributed by atoms with Crippen molar-refractivity contribution in [3.8, 4) is 0 Å². The van der Waals surface area contributed by atoms with Crippen LogP contribution in [0.5, 0.6) is 0 Å². The van der Waals surface area contributed by atoms with E-state index in [1.165, 1.54) is 0 Å². The quantitative estimate of drug-likeness (QED) is 0.326. The van der Waals surface area contributed by atoms with Crippen LogP contribution in [0, 0.1) is 0 Å². The van der Waals surface area contributed by atoms with Gasteiger partial charge in [0.1, 0.15) is 0 Å². The van der Waals surface area contributed by atoms with Gasteiger partial charge < -0.3 is 15.3 Å². The molecule has 0 saturated heterocycles. The van der Waals surface area contributed by atoms with Crippen molar-refractivity contribution in [3.63, 3.8) is 0 Å². The Morgan fingerprint density at radius 2 is 1.73 bits per heavy atom. The third-order valence-corrected chi connectivity index (χ3v) is 8.41. The van der Waals surface area contributed by atoms with Crippen LogP contribution in [0.1, 0.15) is 75.0 Å². The van der Waals surface area contributed by atoms with Crippen molar-refractivity contribution in [2.45, 2.75) is 56.4 Å². The third kappa shape index (κ3) is 5.97.